The van der Waals surface area contributed by atoms with Gasteiger partial charge in [0.15, 0.2) is 5.28 Å². The predicted molar refractivity (Wildman–Crippen MR) is 123 cm³/mol. The van der Waals surface area contributed by atoms with Gasteiger partial charge in [-0.2, -0.15) is 4.72 Å². The lowest BCUT2D eigenvalue weighted by Crippen LogP contribution is -2.47. The van der Waals surface area contributed by atoms with E-state index in [1.54, 1.807) is 18.2 Å². The Morgan fingerprint density at radius 2 is 1.58 bits per heavy atom. The number of carbonyl (C=O) groups excluding carboxylic acids is 1. The van der Waals surface area contributed by atoms with Gasteiger partial charge in [-0.3, -0.25) is 9.36 Å². The summed E-state index contributed by atoms with van der Waals surface area (Å²) in [5.74, 6) is -0.480. The van der Waals surface area contributed by atoms with E-state index in [2.05, 4.69) is 4.72 Å². The van der Waals surface area contributed by atoms with Crippen molar-refractivity contribution in [2.24, 2.45) is 0 Å². The summed E-state index contributed by atoms with van der Waals surface area (Å²) in [6.45, 7) is 4.29. The molecule has 1 aromatic carbocycles. The van der Waals surface area contributed by atoms with Crippen LogP contribution in [0.5, 0.6) is 0 Å². The summed E-state index contributed by atoms with van der Waals surface area (Å²) in [7, 11) is -8.12. The lowest BCUT2D eigenvalue weighted by atomic mass is 9.92. The molecule has 0 aliphatic heterocycles. The third kappa shape index (κ3) is 6.28. The summed E-state index contributed by atoms with van der Waals surface area (Å²) < 4.78 is 53.2. The van der Waals surface area contributed by atoms with Crippen LogP contribution in [0.1, 0.15) is 68.3 Å². The Kier molecular flexibility index (Phi) is 9.49. The molecule has 0 bridgehead atoms. The van der Waals surface area contributed by atoms with Crippen LogP contribution in [0.4, 0.5) is 0 Å². The minimum atomic E-state index is -4.20. The van der Waals surface area contributed by atoms with E-state index in [-0.39, 0.29) is 29.4 Å². The Hall–Kier alpha value is -1.02. The van der Waals surface area contributed by atoms with Gasteiger partial charge in [0.05, 0.1) is 24.5 Å². The zero-order valence-electron chi connectivity index (χ0n) is 18.2. The van der Waals surface area contributed by atoms with E-state index in [1.807, 2.05) is 13.8 Å². The van der Waals surface area contributed by atoms with E-state index < -0.39 is 28.7 Å². The highest BCUT2D eigenvalue weighted by molar-refractivity contribution is 7.89. The number of hydrogen-bond acceptors (Lipinski definition) is 6. The van der Waals surface area contributed by atoms with E-state index in [4.69, 9.17) is 20.6 Å². The molecule has 1 aromatic rings. The Bertz CT molecular complexity index is 948. The highest BCUT2D eigenvalue weighted by atomic mass is 35.5. The number of rotatable bonds is 13. The lowest BCUT2D eigenvalue weighted by molar-refractivity contribution is 0.103. The van der Waals surface area contributed by atoms with Crippen molar-refractivity contribution in [3.05, 3.63) is 46.5 Å². The van der Waals surface area contributed by atoms with Gasteiger partial charge in [0.1, 0.15) is 0 Å². The summed E-state index contributed by atoms with van der Waals surface area (Å²) >= 11 is 6.23. The fourth-order valence-electron chi connectivity index (χ4n) is 3.43. The van der Waals surface area contributed by atoms with Crippen molar-refractivity contribution in [3.8, 4) is 0 Å². The van der Waals surface area contributed by atoms with Gasteiger partial charge in [-0.25, -0.2) is 8.42 Å². The van der Waals surface area contributed by atoms with Crippen LogP contribution in [0.3, 0.4) is 0 Å². The van der Waals surface area contributed by atoms with Crippen molar-refractivity contribution in [1.29, 1.82) is 0 Å². The maximum Gasteiger partial charge on any atom is 0.360 e. The van der Waals surface area contributed by atoms with E-state index >= 15 is 0 Å². The molecule has 0 spiro atoms. The number of ketones is 1. The van der Waals surface area contributed by atoms with Crippen LogP contribution >= 0.6 is 19.2 Å². The first kappa shape index (κ1) is 26.2. The molecule has 0 amide bonds. The number of sulfonamides is 1. The number of carbonyl (C=O) groups is 1. The number of Topliss-reactive ketones (excluding diaryl/α,β-unsaturated/α-hetero) is 1. The first-order valence-corrected chi connectivity index (χ1v) is 14.3. The Morgan fingerprint density at radius 1 is 1.03 bits per heavy atom. The maximum absolute atomic E-state index is 14.3. The third-order valence-electron chi connectivity index (χ3n) is 4.93. The average molecular weight is 492 g/mol. The summed E-state index contributed by atoms with van der Waals surface area (Å²) in [4.78, 5) is 12.6. The average Bonchev–Trinajstić information content (AvgIpc) is 2.71. The van der Waals surface area contributed by atoms with Crippen LogP contribution in [-0.2, 0) is 28.9 Å². The van der Waals surface area contributed by atoms with E-state index in [0.29, 0.717) is 12.8 Å². The highest BCUT2D eigenvalue weighted by Gasteiger charge is 2.56. The number of benzene rings is 1. The second-order valence-corrected chi connectivity index (χ2v) is 12.0. The van der Waals surface area contributed by atoms with E-state index in [9.17, 15) is 17.8 Å². The van der Waals surface area contributed by atoms with E-state index in [0.717, 1.165) is 31.9 Å². The van der Waals surface area contributed by atoms with Crippen LogP contribution in [-0.4, -0.2) is 33.7 Å². The smallest absolute Gasteiger partial charge is 0.307 e. The SMILES string of the molecule is CCCCCOP(=O)(OCCCCC)C1(NS(C)(=O)=O)C=C(Cl)C(=O)c2ccccc21. The maximum atomic E-state index is 14.3. The van der Waals surface area contributed by atoms with Crippen LogP contribution in [0.25, 0.3) is 0 Å². The molecule has 0 heterocycles. The molecule has 10 heteroatoms. The first-order chi connectivity index (χ1) is 14.6. The molecule has 1 N–H and O–H groups in total. The molecular weight excluding hydrogens is 461 g/mol. The van der Waals surface area contributed by atoms with Crippen LogP contribution in [0, 0.1) is 0 Å². The van der Waals surface area contributed by atoms with E-state index in [1.165, 1.54) is 12.1 Å². The molecule has 0 saturated carbocycles. The van der Waals surface area contributed by atoms with Gasteiger partial charge in [0.2, 0.25) is 15.8 Å². The van der Waals surface area contributed by atoms with Crippen LogP contribution < -0.4 is 4.72 Å². The molecule has 1 atom stereocenters. The quantitative estimate of drug-likeness (QED) is 0.296. The minimum absolute atomic E-state index is 0.119. The zero-order chi connectivity index (χ0) is 23.1. The Labute approximate surface area is 190 Å². The van der Waals surface area contributed by atoms with Gasteiger partial charge in [-0.15, -0.1) is 0 Å². The molecule has 1 aliphatic carbocycles. The second-order valence-electron chi connectivity index (χ2n) is 7.59. The molecule has 1 unspecified atom stereocenters. The first-order valence-electron chi connectivity index (χ1n) is 10.5. The van der Waals surface area contributed by atoms with Gasteiger partial charge in [-0.1, -0.05) is 75.4 Å². The molecule has 0 aromatic heterocycles. The van der Waals surface area contributed by atoms with Crippen LogP contribution in [0.2, 0.25) is 0 Å². The van der Waals surface area contributed by atoms with Gasteiger partial charge >= 0.3 is 7.60 Å². The Morgan fingerprint density at radius 3 is 2.10 bits per heavy atom. The molecule has 2 rings (SSSR count). The number of halogens is 1. The molecule has 0 radical (unpaired) electrons. The number of fused-ring (bicyclic) bond motifs is 1. The van der Waals surface area contributed by atoms with Crippen LogP contribution in [0.15, 0.2) is 35.4 Å². The van der Waals surface area contributed by atoms with Crippen molar-refractivity contribution in [3.63, 3.8) is 0 Å². The second kappa shape index (κ2) is 11.2. The van der Waals surface area contributed by atoms with Crippen molar-refractivity contribution in [2.45, 2.75) is 57.7 Å². The molecule has 0 fully saturated rings. The number of nitrogens with one attached hydrogen (secondary N) is 1. The zero-order valence-corrected chi connectivity index (χ0v) is 20.7. The fraction of sp³-hybridized carbons (Fsp3) is 0.571. The normalized spacial score (nSPS) is 19.2. The van der Waals surface area contributed by atoms with Crippen molar-refractivity contribution >= 4 is 35.0 Å². The topological polar surface area (TPSA) is 98.8 Å². The van der Waals surface area contributed by atoms with Crippen molar-refractivity contribution in [2.75, 3.05) is 19.5 Å². The van der Waals surface area contributed by atoms with Crippen molar-refractivity contribution in [1.82, 2.24) is 4.72 Å². The molecule has 174 valence electrons. The molecular formula is C21H31ClNO6PS. The standard InChI is InChI=1S/C21H31ClNO6PS/c1-4-6-10-14-28-30(25,29-15-11-7-5-2)21(23-31(3,26)27)16-19(22)20(24)17-12-8-9-13-18(17)21/h8-9,12-13,16,23H,4-7,10-11,14-15H2,1-3H3. The number of hydrogen-bond donors (Lipinski definition) is 1. The minimum Gasteiger partial charge on any atom is -0.307 e. The summed E-state index contributed by atoms with van der Waals surface area (Å²) in [5.41, 5.74) is 0.352. The monoisotopic (exact) mass is 491 g/mol. The Balaban J connectivity index is 2.65. The van der Waals surface area contributed by atoms with Gasteiger partial charge < -0.3 is 9.05 Å². The number of unbranched alkanes of at least 4 members (excludes halogenated alkanes) is 4. The predicted octanol–water partition coefficient (Wildman–Crippen LogP) is 5.31. The van der Waals surface area contributed by atoms with Gasteiger partial charge in [0.25, 0.3) is 0 Å². The summed E-state index contributed by atoms with van der Waals surface area (Å²) in [5, 5.41) is -2.19. The summed E-state index contributed by atoms with van der Waals surface area (Å²) in [6.07, 6.45) is 6.95. The molecule has 1 aliphatic rings. The lowest BCUT2D eigenvalue weighted by Gasteiger charge is -2.40. The van der Waals surface area contributed by atoms with Gasteiger partial charge in [0, 0.05) is 11.1 Å². The van der Waals surface area contributed by atoms with Gasteiger partial charge in [-0.05, 0) is 18.9 Å². The molecule has 7 nitrogen and oxygen atoms in total. The molecule has 31 heavy (non-hydrogen) atoms. The van der Waals surface area contributed by atoms with Crippen molar-refractivity contribution < 1.29 is 26.8 Å². The summed E-state index contributed by atoms with van der Waals surface area (Å²) in [6, 6.07) is 6.33. The largest absolute Gasteiger partial charge is 0.360 e. The third-order valence-corrected chi connectivity index (χ3v) is 8.44. The number of allylic oxidation sites excluding steroid dienone is 1. The molecule has 0 saturated heterocycles. The highest BCUT2D eigenvalue weighted by Crippen LogP contribution is 2.66. The fourth-order valence-corrected chi connectivity index (χ4v) is 7.45.